The molecule has 0 radical (unpaired) electrons. The van der Waals surface area contributed by atoms with Gasteiger partial charge in [0.05, 0.1) is 11.7 Å². The van der Waals surface area contributed by atoms with Gasteiger partial charge in [-0.2, -0.15) is 0 Å². The lowest BCUT2D eigenvalue weighted by Crippen LogP contribution is -2.42. The summed E-state index contributed by atoms with van der Waals surface area (Å²) in [6.45, 7) is 6.83. The fourth-order valence-electron chi connectivity index (χ4n) is 3.69. The van der Waals surface area contributed by atoms with Crippen LogP contribution < -0.4 is 5.32 Å². The molecule has 31 heavy (non-hydrogen) atoms. The minimum Gasteiger partial charge on any atom is -0.444 e. The molecule has 2 amide bonds. The highest BCUT2D eigenvalue weighted by Gasteiger charge is 2.29. The van der Waals surface area contributed by atoms with E-state index < -0.39 is 5.60 Å². The number of aromatic nitrogens is 1. The summed E-state index contributed by atoms with van der Waals surface area (Å²) in [6, 6.07) is 10.8. The highest BCUT2D eigenvalue weighted by atomic mass is 19.1. The van der Waals surface area contributed by atoms with E-state index in [1.807, 2.05) is 39.0 Å². The molecule has 166 valence electrons. The molecule has 1 saturated heterocycles. The predicted octanol–water partition coefficient (Wildman–Crippen LogP) is 4.73. The number of hydrogen-bond acceptors (Lipinski definition) is 4. The summed E-state index contributed by atoms with van der Waals surface area (Å²) in [5.74, 6) is -0.310. The smallest absolute Gasteiger partial charge is 0.410 e. The normalized spacial score (nSPS) is 15.9. The lowest BCUT2D eigenvalue weighted by Gasteiger charge is -2.34. The van der Waals surface area contributed by atoms with Gasteiger partial charge in [0.15, 0.2) is 0 Å². The van der Waals surface area contributed by atoms with E-state index in [9.17, 15) is 14.0 Å². The molecule has 6 nitrogen and oxygen atoms in total. The van der Waals surface area contributed by atoms with Gasteiger partial charge in [-0.1, -0.05) is 6.07 Å². The van der Waals surface area contributed by atoms with Crippen molar-refractivity contribution in [3.8, 4) is 0 Å². The first-order valence-corrected chi connectivity index (χ1v) is 10.7. The number of carbonyl (C=O) groups excluding carboxylic acids is 2. The average Bonchev–Trinajstić information content (AvgIpc) is 2.73. The van der Waals surface area contributed by atoms with E-state index in [1.54, 1.807) is 11.1 Å². The van der Waals surface area contributed by atoms with Crippen LogP contribution in [0.5, 0.6) is 0 Å². The van der Waals surface area contributed by atoms with Crippen molar-refractivity contribution in [3.63, 3.8) is 0 Å². The molecule has 7 heteroatoms. The maximum Gasteiger partial charge on any atom is 0.410 e. The predicted molar refractivity (Wildman–Crippen MR) is 116 cm³/mol. The third-order valence-electron chi connectivity index (χ3n) is 5.29. The Labute approximate surface area is 182 Å². The number of hydrogen-bond donors (Lipinski definition) is 1. The first-order valence-electron chi connectivity index (χ1n) is 10.7. The molecule has 2 aromatic rings. The van der Waals surface area contributed by atoms with Crippen molar-refractivity contribution in [1.82, 2.24) is 15.2 Å². The number of amides is 2. The monoisotopic (exact) mass is 427 g/mol. The van der Waals surface area contributed by atoms with Crippen LogP contribution in [-0.4, -0.2) is 40.6 Å². The minimum absolute atomic E-state index is 0.262. The van der Waals surface area contributed by atoms with Gasteiger partial charge in [0, 0.05) is 24.8 Å². The van der Waals surface area contributed by atoms with Crippen LogP contribution in [0.4, 0.5) is 9.18 Å². The van der Waals surface area contributed by atoms with E-state index in [-0.39, 0.29) is 23.9 Å². The zero-order valence-electron chi connectivity index (χ0n) is 18.3. The van der Waals surface area contributed by atoms with Crippen molar-refractivity contribution < 1.29 is 18.7 Å². The molecular weight excluding hydrogens is 397 g/mol. The second-order valence-corrected chi connectivity index (χ2v) is 8.93. The molecule has 1 aliphatic heterocycles. The van der Waals surface area contributed by atoms with Crippen molar-refractivity contribution in [2.75, 3.05) is 13.1 Å². The second kappa shape index (κ2) is 9.90. The van der Waals surface area contributed by atoms with Crippen molar-refractivity contribution in [2.24, 2.45) is 5.92 Å². The van der Waals surface area contributed by atoms with Crippen molar-refractivity contribution in [3.05, 3.63) is 65.7 Å². The number of nitrogens with zero attached hydrogens (tertiary/aromatic N) is 2. The number of benzene rings is 1. The van der Waals surface area contributed by atoms with Gasteiger partial charge in [0.25, 0.3) is 5.91 Å². The minimum atomic E-state index is -0.511. The van der Waals surface area contributed by atoms with Gasteiger partial charge in [0.1, 0.15) is 11.4 Å². The molecule has 2 heterocycles. The zero-order valence-corrected chi connectivity index (χ0v) is 18.3. The second-order valence-electron chi connectivity index (χ2n) is 8.93. The van der Waals surface area contributed by atoms with Gasteiger partial charge in [0.2, 0.25) is 0 Å². The van der Waals surface area contributed by atoms with E-state index in [0.29, 0.717) is 31.0 Å². The van der Waals surface area contributed by atoms with Crippen LogP contribution in [0.25, 0.3) is 0 Å². The molecule has 0 aliphatic carbocycles. The Morgan fingerprint density at radius 1 is 1.16 bits per heavy atom. The molecule has 1 aliphatic rings. The summed E-state index contributed by atoms with van der Waals surface area (Å²) in [6.07, 6.45) is 3.80. The summed E-state index contributed by atoms with van der Waals surface area (Å²) < 4.78 is 18.7. The molecule has 1 unspecified atom stereocenters. The van der Waals surface area contributed by atoms with Crippen LogP contribution in [0, 0.1) is 11.7 Å². The van der Waals surface area contributed by atoms with E-state index in [0.717, 1.165) is 18.5 Å². The first-order chi connectivity index (χ1) is 14.7. The molecule has 3 rings (SSSR count). The number of halogens is 1. The third-order valence-corrected chi connectivity index (χ3v) is 5.29. The van der Waals surface area contributed by atoms with Crippen molar-refractivity contribution in [2.45, 2.75) is 51.7 Å². The Morgan fingerprint density at radius 3 is 2.42 bits per heavy atom. The molecule has 1 fully saturated rings. The van der Waals surface area contributed by atoms with E-state index in [1.165, 1.54) is 24.3 Å². The standard InChI is InChI=1S/C24H30FN3O3/c1-24(2,3)31-23(30)28-14-11-17(12-15-28)16-21(20-6-4-5-13-26-20)27-22(29)18-7-9-19(25)10-8-18/h4-10,13,17,21H,11-12,14-16H2,1-3H3,(H,27,29). The van der Waals surface area contributed by atoms with E-state index >= 15 is 0 Å². The number of likely N-dealkylation sites (tertiary alicyclic amines) is 1. The third kappa shape index (κ3) is 6.77. The Morgan fingerprint density at radius 2 is 1.84 bits per heavy atom. The maximum absolute atomic E-state index is 13.2. The summed E-state index contributed by atoms with van der Waals surface area (Å²) in [4.78, 5) is 31.2. The maximum atomic E-state index is 13.2. The van der Waals surface area contributed by atoms with Crippen molar-refractivity contribution >= 4 is 12.0 Å². The highest BCUT2D eigenvalue weighted by Crippen LogP contribution is 2.28. The molecule has 1 aromatic heterocycles. The van der Waals surface area contributed by atoms with Crippen molar-refractivity contribution in [1.29, 1.82) is 0 Å². The molecule has 0 bridgehead atoms. The topological polar surface area (TPSA) is 71.5 Å². The molecule has 0 spiro atoms. The van der Waals surface area contributed by atoms with Gasteiger partial charge in [-0.05, 0) is 82.3 Å². The fourth-order valence-corrected chi connectivity index (χ4v) is 3.69. The molecule has 1 atom stereocenters. The summed E-state index contributed by atoms with van der Waals surface area (Å²) in [5.41, 5.74) is 0.678. The number of carbonyl (C=O) groups is 2. The summed E-state index contributed by atoms with van der Waals surface area (Å²) in [7, 11) is 0. The summed E-state index contributed by atoms with van der Waals surface area (Å²) in [5, 5.41) is 3.05. The van der Waals surface area contributed by atoms with Crippen LogP contribution in [0.3, 0.4) is 0 Å². The van der Waals surface area contributed by atoms with Gasteiger partial charge >= 0.3 is 6.09 Å². The van der Waals surface area contributed by atoms with Crippen LogP contribution in [0.15, 0.2) is 48.7 Å². The number of nitrogens with one attached hydrogen (secondary N) is 1. The highest BCUT2D eigenvalue weighted by molar-refractivity contribution is 5.94. The Hall–Kier alpha value is -2.96. The van der Waals surface area contributed by atoms with Gasteiger partial charge < -0.3 is 15.0 Å². The van der Waals surface area contributed by atoms with E-state index in [4.69, 9.17) is 4.74 Å². The largest absolute Gasteiger partial charge is 0.444 e. The van der Waals surface area contributed by atoms with Crippen LogP contribution in [0.1, 0.15) is 62.1 Å². The summed E-state index contributed by atoms with van der Waals surface area (Å²) >= 11 is 0. The fraction of sp³-hybridized carbons (Fsp3) is 0.458. The Bertz CT molecular complexity index is 873. The van der Waals surface area contributed by atoms with Crippen LogP contribution >= 0.6 is 0 Å². The van der Waals surface area contributed by atoms with Crippen LogP contribution in [0.2, 0.25) is 0 Å². The Kier molecular flexibility index (Phi) is 7.25. The average molecular weight is 428 g/mol. The number of rotatable bonds is 5. The quantitative estimate of drug-likeness (QED) is 0.749. The van der Waals surface area contributed by atoms with Gasteiger partial charge in [-0.25, -0.2) is 9.18 Å². The van der Waals surface area contributed by atoms with Gasteiger partial charge in [-0.3, -0.25) is 9.78 Å². The Balaban J connectivity index is 1.63. The number of ether oxygens (including phenoxy) is 1. The number of pyridine rings is 1. The molecule has 1 N–H and O–H groups in total. The lowest BCUT2D eigenvalue weighted by atomic mass is 9.89. The molecule has 0 saturated carbocycles. The van der Waals surface area contributed by atoms with Crippen LogP contribution in [-0.2, 0) is 4.74 Å². The lowest BCUT2D eigenvalue weighted by molar-refractivity contribution is 0.0178. The van der Waals surface area contributed by atoms with E-state index in [2.05, 4.69) is 10.3 Å². The SMILES string of the molecule is CC(C)(C)OC(=O)N1CCC(CC(NC(=O)c2ccc(F)cc2)c2ccccn2)CC1. The molecular formula is C24H30FN3O3. The zero-order chi connectivity index (χ0) is 22.4. The molecule has 1 aromatic carbocycles. The van der Waals surface area contributed by atoms with Gasteiger partial charge in [-0.15, -0.1) is 0 Å². The first kappa shape index (κ1) is 22.7. The number of piperidine rings is 1.